The van der Waals surface area contributed by atoms with Crippen molar-refractivity contribution >= 4 is 40.9 Å². The molecule has 1 fully saturated rings. The van der Waals surface area contributed by atoms with Crippen LogP contribution in [0.5, 0.6) is 5.75 Å². The van der Waals surface area contributed by atoms with Crippen LogP contribution in [0, 0.1) is 11.6 Å². The van der Waals surface area contributed by atoms with Crippen LogP contribution < -0.4 is 24.8 Å². The van der Waals surface area contributed by atoms with E-state index in [1.807, 2.05) is 0 Å². The summed E-state index contributed by atoms with van der Waals surface area (Å²) < 4.78 is 33.2. The first kappa shape index (κ1) is 33.1. The zero-order valence-corrected chi connectivity index (χ0v) is 25.2. The minimum Gasteiger partial charge on any atom is -0.481 e. The van der Waals surface area contributed by atoms with Gasteiger partial charge in [-0.3, -0.25) is 9.59 Å². The molecule has 4 rings (SSSR count). The zero-order valence-electron chi connectivity index (χ0n) is 25.2. The van der Waals surface area contributed by atoms with Crippen LogP contribution in [-0.4, -0.2) is 62.2 Å². The highest BCUT2D eigenvalue weighted by molar-refractivity contribution is 5.97. The molecule has 1 saturated carbocycles. The molecule has 12 heteroatoms. The normalized spacial score (nSPS) is 14.6. The van der Waals surface area contributed by atoms with Crippen molar-refractivity contribution < 1.29 is 37.8 Å². The van der Waals surface area contributed by atoms with Crippen LogP contribution in [0.15, 0.2) is 66.7 Å². The van der Waals surface area contributed by atoms with Crippen molar-refractivity contribution in [3.8, 4) is 5.75 Å². The van der Waals surface area contributed by atoms with E-state index in [4.69, 9.17) is 9.84 Å². The Balaban J connectivity index is 1.50. The van der Waals surface area contributed by atoms with Gasteiger partial charge in [-0.15, -0.1) is 0 Å². The largest absolute Gasteiger partial charge is 0.481 e. The molecule has 0 heterocycles. The third-order valence-electron chi connectivity index (χ3n) is 8.09. The molecule has 1 unspecified atom stereocenters. The van der Waals surface area contributed by atoms with Gasteiger partial charge >= 0.3 is 17.9 Å². The van der Waals surface area contributed by atoms with E-state index in [9.17, 15) is 28.0 Å². The van der Waals surface area contributed by atoms with Crippen LogP contribution in [0.1, 0.15) is 37.7 Å². The van der Waals surface area contributed by atoms with E-state index in [0.717, 1.165) is 49.1 Å². The van der Waals surface area contributed by atoms with Crippen LogP contribution in [-0.2, 0) is 20.8 Å². The number of carboxylic acids is 1. The first-order valence-corrected chi connectivity index (χ1v) is 14.7. The van der Waals surface area contributed by atoms with Gasteiger partial charge in [0, 0.05) is 43.4 Å². The summed E-state index contributed by atoms with van der Waals surface area (Å²) in [6.45, 7) is -0.763. The fourth-order valence-corrected chi connectivity index (χ4v) is 5.64. The highest BCUT2D eigenvalue weighted by Gasteiger charge is 2.44. The van der Waals surface area contributed by atoms with Gasteiger partial charge < -0.3 is 25.4 Å². The Morgan fingerprint density at radius 3 is 2.33 bits per heavy atom. The lowest BCUT2D eigenvalue weighted by Gasteiger charge is -2.41. The molecule has 10 nitrogen and oxygen atoms in total. The van der Waals surface area contributed by atoms with Gasteiger partial charge in [-0.05, 0) is 48.7 Å². The first-order chi connectivity index (χ1) is 21.5. The van der Waals surface area contributed by atoms with E-state index in [1.54, 1.807) is 55.6 Å². The molecule has 3 N–H and O–H groups in total. The fourth-order valence-electron chi connectivity index (χ4n) is 5.64. The Morgan fingerprint density at radius 2 is 1.64 bits per heavy atom. The molecule has 0 bridgehead atoms. The number of para-hydroxylation sites is 2. The molecule has 0 spiro atoms. The molecule has 3 aromatic rings. The number of quaternary nitrogens is 1. The fraction of sp³-hybridized carbons (Fsp3) is 0.333. The average Bonchev–Trinajstić information content (AvgIpc) is 3.01. The topological polar surface area (TPSA) is 125 Å². The number of nitrogens with one attached hydrogen (secondary N) is 2. The number of ether oxygens (including phenoxy) is 1. The predicted octanol–water partition coefficient (Wildman–Crippen LogP) is 5.25. The van der Waals surface area contributed by atoms with E-state index in [2.05, 4.69) is 10.6 Å². The number of carbonyl (C=O) groups is 4. The molecule has 45 heavy (non-hydrogen) atoms. The lowest BCUT2D eigenvalue weighted by Crippen LogP contribution is -2.61. The van der Waals surface area contributed by atoms with Crippen molar-refractivity contribution in [2.75, 3.05) is 37.5 Å². The summed E-state index contributed by atoms with van der Waals surface area (Å²) in [7, 11) is 3.16. The first-order valence-electron chi connectivity index (χ1n) is 14.7. The monoisotopic (exact) mass is 623 g/mol. The number of benzene rings is 3. The van der Waals surface area contributed by atoms with Crippen molar-refractivity contribution in [2.45, 2.75) is 44.6 Å². The Kier molecular flexibility index (Phi) is 10.8. The van der Waals surface area contributed by atoms with Gasteiger partial charge in [-0.2, -0.15) is 0 Å². The molecule has 0 aromatic heterocycles. The number of likely N-dealkylation sites (N-methyl/N-ethyl adjacent to an activating group) is 2. The van der Waals surface area contributed by atoms with E-state index >= 15 is 0 Å². The smallest absolute Gasteiger partial charge is 0.338 e. The number of aliphatic carboxylic acids is 1. The molecule has 0 radical (unpaired) electrons. The number of anilines is 2. The second-order valence-electron chi connectivity index (χ2n) is 11.2. The molecule has 0 aliphatic heterocycles. The van der Waals surface area contributed by atoms with Crippen LogP contribution in [0.3, 0.4) is 0 Å². The molecule has 238 valence electrons. The summed E-state index contributed by atoms with van der Waals surface area (Å²) in [5.74, 6) is -3.19. The lowest BCUT2D eigenvalue weighted by atomic mass is 9.91. The Bertz CT molecular complexity index is 1540. The number of carboxylic acid groups (broad SMARTS) is 1. The number of amides is 4. The highest BCUT2D eigenvalue weighted by Crippen LogP contribution is 2.39. The second kappa shape index (κ2) is 14.8. The number of hydrogen-bond donors (Lipinski definition) is 3. The van der Waals surface area contributed by atoms with E-state index in [0.29, 0.717) is 28.8 Å². The van der Waals surface area contributed by atoms with Crippen LogP contribution >= 0.6 is 0 Å². The third kappa shape index (κ3) is 8.42. The number of rotatable bonds is 11. The maximum Gasteiger partial charge on any atom is 0.338 e. The number of urea groups is 1. The maximum atomic E-state index is 14.0. The molecule has 4 amide bonds. The quantitative estimate of drug-likeness (QED) is 0.251. The summed E-state index contributed by atoms with van der Waals surface area (Å²) in [5, 5.41) is 14.3. The number of carbonyl (C=O) groups excluding carboxylic acids is 3. The van der Waals surface area contributed by atoms with Gasteiger partial charge in [0.2, 0.25) is 0 Å². The molecule has 3 aromatic carbocycles. The summed E-state index contributed by atoms with van der Waals surface area (Å²) in [6.07, 6.45) is 4.26. The summed E-state index contributed by atoms with van der Waals surface area (Å²) in [4.78, 5) is 51.8. The molecule has 1 aliphatic rings. The SMILES string of the molecule is CN(C(=O)COc1ccccc1[N+](C)(C(=O)CNC(=O)Nc1cccc(CC(=O)O)c1)C1CCCCC1)c1cc(F)cc(F)c1. The van der Waals surface area contributed by atoms with Gasteiger partial charge in [0.25, 0.3) is 5.91 Å². The van der Waals surface area contributed by atoms with E-state index < -0.39 is 36.1 Å². The zero-order chi connectivity index (χ0) is 32.6. The molecular weight excluding hydrogens is 586 g/mol. The lowest BCUT2D eigenvalue weighted by molar-refractivity contribution is -0.136. The average molecular weight is 624 g/mol. The predicted molar refractivity (Wildman–Crippen MR) is 166 cm³/mol. The summed E-state index contributed by atoms with van der Waals surface area (Å²) >= 11 is 0. The van der Waals surface area contributed by atoms with Crippen molar-refractivity contribution in [1.29, 1.82) is 0 Å². The molecule has 1 aliphatic carbocycles. The number of hydrogen-bond acceptors (Lipinski definition) is 5. The molecule has 0 saturated heterocycles. The highest BCUT2D eigenvalue weighted by atomic mass is 19.1. The molecular formula is C33H37F2N4O6+. The summed E-state index contributed by atoms with van der Waals surface area (Å²) in [6, 6.07) is 15.4. The second-order valence-corrected chi connectivity index (χ2v) is 11.2. The van der Waals surface area contributed by atoms with Crippen molar-refractivity contribution in [3.63, 3.8) is 0 Å². The van der Waals surface area contributed by atoms with E-state index in [1.165, 1.54) is 7.05 Å². The van der Waals surface area contributed by atoms with Crippen LogP contribution in [0.4, 0.5) is 30.6 Å². The van der Waals surface area contributed by atoms with E-state index in [-0.39, 0.29) is 35.1 Å². The van der Waals surface area contributed by atoms with Gasteiger partial charge in [-0.25, -0.2) is 22.9 Å². The minimum atomic E-state index is -0.996. The molecule has 1 atom stereocenters. The minimum absolute atomic E-state index is 0.0327. The van der Waals surface area contributed by atoms with Crippen molar-refractivity contribution in [2.24, 2.45) is 0 Å². The maximum absolute atomic E-state index is 14.0. The van der Waals surface area contributed by atoms with Gasteiger partial charge in [0.1, 0.15) is 24.2 Å². The Morgan fingerprint density at radius 1 is 0.956 bits per heavy atom. The van der Waals surface area contributed by atoms with Crippen molar-refractivity contribution in [1.82, 2.24) is 9.80 Å². The number of nitrogens with zero attached hydrogens (tertiary/aromatic N) is 2. The van der Waals surface area contributed by atoms with Gasteiger partial charge in [0.05, 0.1) is 13.5 Å². The van der Waals surface area contributed by atoms with Gasteiger partial charge in [0.15, 0.2) is 18.0 Å². The van der Waals surface area contributed by atoms with Crippen LogP contribution in [0.25, 0.3) is 0 Å². The third-order valence-corrected chi connectivity index (χ3v) is 8.09. The Hall–Kier alpha value is -4.84. The van der Waals surface area contributed by atoms with Gasteiger partial charge in [-0.1, -0.05) is 30.7 Å². The van der Waals surface area contributed by atoms with Crippen molar-refractivity contribution in [3.05, 3.63) is 83.9 Å². The number of halogens is 2. The standard InChI is InChI=1S/C33H36F2N4O6/c1-38(26-18-23(34)17-24(35)19-26)30(40)21-45-29-14-7-6-13-28(29)39(2,27-11-4-3-5-12-27)31(41)20-36-33(44)37-25-10-8-9-22(15-25)16-32(42)43/h6-10,13-15,17-19,27H,3-5,11-12,16,20-21H2,1-2H3,(H2-,36,37,42,43,44)/p+1. The van der Waals surface area contributed by atoms with Crippen LogP contribution in [0.2, 0.25) is 0 Å². The Labute approximate surface area is 260 Å². The summed E-state index contributed by atoms with van der Waals surface area (Å²) in [5.41, 5.74) is 1.45.